The molecule has 1 N–H and O–H groups in total. The van der Waals surface area contributed by atoms with Crippen LogP contribution in [-0.4, -0.2) is 67.4 Å². The van der Waals surface area contributed by atoms with Crippen molar-refractivity contribution in [3.05, 3.63) is 24.3 Å². The molecule has 0 spiro atoms. The van der Waals surface area contributed by atoms with Crippen LogP contribution in [0.2, 0.25) is 0 Å². The topological polar surface area (TPSA) is 92.8 Å². The van der Waals surface area contributed by atoms with Gasteiger partial charge >= 0.3 is 0 Å². The van der Waals surface area contributed by atoms with Crippen LogP contribution in [0.3, 0.4) is 0 Å². The standard InChI is InChI=1S/C13H20N2O5S2/c1-21(16,17)12-2-4-13(5-3-12)22(18,19)14-6-7-15-8-10-20-11-9-15/h2-5,14H,6-11H2,1H3. The smallest absolute Gasteiger partial charge is 0.240 e. The molecule has 1 fully saturated rings. The fourth-order valence-corrected chi connectivity index (χ4v) is 3.76. The van der Waals surface area contributed by atoms with E-state index in [1.165, 1.54) is 24.3 Å². The Kier molecular flexibility index (Phi) is 5.56. The predicted molar refractivity (Wildman–Crippen MR) is 82.0 cm³/mol. The van der Waals surface area contributed by atoms with Crippen LogP contribution in [-0.2, 0) is 24.6 Å². The Labute approximate surface area is 131 Å². The molecule has 1 aliphatic rings. The van der Waals surface area contributed by atoms with Crippen molar-refractivity contribution in [1.29, 1.82) is 0 Å². The average molecular weight is 348 g/mol. The number of nitrogens with one attached hydrogen (secondary N) is 1. The van der Waals surface area contributed by atoms with Crippen LogP contribution in [0.15, 0.2) is 34.1 Å². The number of rotatable bonds is 6. The highest BCUT2D eigenvalue weighted by Crippen LogP contribution is 2.14. The minimum Gasteiger partial charge on any atom is -0.379 e. The first-order valence-corrected chi connectivity index (χ1v) is 10.3. The number of ether oxygens (including phenoxy) is 1. The van der Waals surface area contributed by atoms with E-state index in [1.807, 2.05) is 0 Å². The van der Waals surface area contributed by atoms with Gasteiger partial charge in [0.1, 0.15) is 0 Å². The molecule has 2 rings (SSSR count). The number of hydrogen-bond acceptors (Lipinski definition) is 6. The van der Waals surface area contributed by atoms with Gasteiger partial charge in [0.15, 0.2) is 9.84 Å². The normalized spacial score (nSPS) is 17.5. The molecule has 1 saturated heterocycles. The van der Waals surface area contributed by atoms with Crippen molar-refractivity contribution in [2.45, 2.75) is 9.79 Å². The van der Waals surface area contributed by atoms with Crippen LogP contribution in [0.25, 0.3) is 0 Å². The highest BCUT2D eigenvalue weighted by Gasteiger charge is 2.16. The van der Waals surface area contributed by atoms with Crippen LogP contribution in [0.5, 0.6) is 0 Å². The summed E-state index contributed by atoms with van der Waals surface area (Å²) in [6, 6.07) is 5.19. The van der Waals surface area contributed by atoms with E-state index >= 15 is 0 Å². The van der Waals surface area contributed by atoms with Gasteiger partial charge in [0.2, 0.25) is 10.0 Å². The van der Waals surface area contributed by atoms with Gasteiger partial charge in [-0.05, 0) is 24.3 Å². The first-order valence-electron chi connectivity index (χ1n) is 6.89. The van der Waals surface area contributed by atoms with Crippen molar-refractivity contribution in [1.82, 2.24) is 9.62 Å². The minimum atomic E-state index is -3.63. The Morgan fingerprint density at radius 1 is 1.05 bits per heavy atom. The zero-order valence-electron chi connectivity index (χ0n) is 12.4. The SMILES string of the molecule is CS(=O)(=O)c1ccc(S(=O)(=O)NCCN2CCOCC2)cc1. The molecule has 1 aliphatic heterocycles. The molecule has 1 heterocycles. The summed E-state index contributed by atoms with van der Waals surface area (Å²) < 4.78 is 54.7. The van der Waals surface area contributed by atoms with Crippen molar-refractivity contribution >= 4 is 19.9 Å². The van der Waals surface area contributed by atoms with Gasteiger partial charge in [0.25, 0.3) is 0 Å². The minimum absolute atomic E-state index is 0.0573. The van der Waals surface area contributed by atoms with Crippen molar-refractivity contribution in [2.24, 2.45) is 0 Å². The zero-order valence-corrected chi connectivity index (χ0v) is 14.0. The molecule has 0 aliphatic carbocycles. The Balaban J connectivity index is 1.95. The zero-order chi connectivity index (χ0) is 16.2. The highest BCUT2D eigenvalue weighted by atomic mass is 32.2. The van der Waals surface area contributed by atoms with E-state index in [0.717, 1.165) is 19.3 Å². The third kappa shape index (κ3) is 4.75. The monoisotopic (exact) mass is 348 g/mol. The molecule has 124 valence electrons. The summed E-state index contributed by atoms with van der Waals surface area (Å²) >= 11 is 0. The lowest BCUT2D eigenvalue weighted by Gasteiger charge is -2.26. The molecule has 0 radical (unpaired) electrons. The fourth-order valence-electron chi connectivity index (χ4n) is 2.11. The molecule has 0 unspecified atom stereocenters. The van der Waals surface area contributed by atoms with Crippen LogP contribution in [0, 0.1) is 0 Å². The number of sulfonamides is 1. The summed E-state index contributed by atoms with van der Waals surface area (Å²) in [5.74, 6) is 0. The van der Waals surface area contributed by atoms with E-state index in [-0.39, 0.29) is 9.79 Å². The second kappa shape index (κ2) is 7.05. The summed E-state index contributed by atoms with van der Waals surface area (Å²) in [5, 5.41) is 0. The van der Waals surface area contributed by atoms with Gasteiger partial charge in [-0.15, -0.1) is 0 Å². The van der Waals surface area contributed by atoms with Crippen molar-refractivity contribution in [3.8, 4) is 0 Å². The molecule has 1 aromatic rings. The second-order valence-electron chi connectivity index (χ2n) is 5.10. The van der Waals surface area contributed by atoms with Gasteiger partial charge in [-0.1, -0.05) is 0 Å². The maximum Gasteiger partial charge on any atom is 0.240 e. The molecule has 1 aromatic carbocycles. The largest absolute Gasteiger partial charge is 0.379 e. The molecular formula is C13H20N2O5S2. The lowest BCUT2D eigenvalue weighted by atomic mass is 10.4. The van der Waals surface area contributed by atoms with E-state index in [0.29, 0.717) is 26.3 Å². The quantitative estimate of drug-likeness (QED) is 0.759. The Morgan fingerprint density at radius 3 is 2.14 bits per heavy atom. The molecule has 0 saturated carbocycles. The molecule has 0 atom stereocenters. The Bertz CT molecular complexity index is 692. The summed E-state index contributed by atoms with van der Waals surface area (Å²) in [6.07, 6.45) is 1.08. The number of morpholine rings is 1. The molecule has 9 heteroatoms. The highest BCUT2D eigenvalue weighted by molar-refractivity contribution is 7.90. The lowest BCUT2D eigenvalue weighted by molar-refractivity contribution is 0.0390. The number of sulfone groups is 1. The average Bonchev–Trinajstić information content (AvgIpc) is 2.47. The van der Waals surface area contributed by atoms with E-state index in [1.54, 1.807) is 0 Å². The first kappa shape index (κ1) is 17.4. The second-order valence-corrected chi connectivity index (χ2v) is 8.88. The van der Waals surface area contributed by atoms with E-state index in [2.05, 4.69) is 9.62 Å². The third-order valence-corrected chi connectivity index (χ3v) is 5.99. The Hall–Kier alpha value is -1.00. The predicted octanol–water partition coefficient (Wildman–Crippen LogP) is -0.299. The lowest BCUT2D eigenvalue weighted by Crippen LogP contribution is -2.41. The van der Waals surface area contributed by atoms with Gasteiger partial charge in [0, 0.05) is 32.4 Å². The van der Waals surface area contributed by atoms with E-state index < -0.39 is 19.9 Å². The van der Waals surface area contributed by atoms with Crippen molar-refractivity contribution < 1.29 is 21.6 Å². The third-order valence-electron chi connectivity index (χ3n) is 3.39. The fraction of sp³-hybridized carbons (Fsp3) is 0.538. The number of nitrogens with zero attached hydrogens (tertiary/aromatic N) is 1. The van der Waals surface area contributed by atoms with Gasteiger partial charge in [-0.3, -0.25) is 4.90 Å². The summed E-state index contributed by atoms with van der Waals surface area (Å²) in [7, 11) is -6.96. The first-order chi connectivity index (χ1) is 10.3. The van der Waals surface area contributed by atoms with Crippen molar-refractivity contribution in [2.75, 3.05) is 45.6 Å². The van der Waals surface area contributed by atoms with Gasteiger partial charge in [0.05, 0.1) is 23.0 Å². The van der Waals surface area contributed by atoms with Gasteiger partial charge < -0.3 is 4.74 Å². The summed E-state index contributed by atoms with van der Waals surface area (Å²) in [6.45, 7) is 3.84. The summed E-state index contributed by atoms with van der Waals surface area (Å²) in [5.41, 5.74) is 0. The maximum absolute atomic E-state index is 12.1. The Morgan fingerprint density at radius 2 is 1.59 bits per heavy atom. The summed E-state index contributed by atoms with van der Waals surface area (Å²) in [4.78, 5) is 2.28. The van der Waals surface area contributed by atoms with E-state index in [4.69, 9.17) is 4.74 Å². The molecule has 0 aromatic heterocycles. The van der Waals surface area contributed by atoms with Crippen LogP contribution >= 0.6 is 0 Å². The molecule has 0 bridgehead atoms. The van der Waals surface area contributed by atoms with Crippen LogP contribution in [0.1, 0.15) is 0 Å². The van der Waals surface area contributed by atoms with Crippen molar-refractivity contribution in [3.63, 3.8) is 0 Å². The van der Waals surface area contributed by atoms with Gasteiger partial charge in [-0.2, -0.15) is 0 Å². The molecular weight excluding hydrogens is 328 g/mol. The molecule has 22 heavy (non-hydrogen) atoms. The molecule has 0 amide bonds. The van der Waals surface area contributed by atoms with Crippen LogP contribution < -0.4 is 4.72 Å². The number of benzene rings is 1. The maximum atomic E-state index is 12.1. The number of hydrogen-bond donors (Lipinski definition) is 1. The molecule has 7 nitrogen and oxygen atoms in total. The van der Waals surface area contributed by atoms with E-state index in [9.17, 15) is 16.8 Å². The van der Waals surface area contributed by atoms with Crippen LogP contribution in [0.4, 0.5) is 0 Å². The van der Waals surface area contributed by atoms with Gasteiger partial charge in [-0.25, -0.2) is 21.6 Å².